The smallest absolute Gasteiger partial charge is 0.338 e. The van der Waals surface area contributed by atoms with Gasteiger partial charge in [-0.2, -0.15) is 8.42 Å². The van der Waals surface area contributed by atoms with Crippen molar-refractivity contribution in [2.45, 2.75) is 26.7 Å². The summed E-state index contributed by atoms with van der Waals surface area (Å²) in [5.41, 5.74) is -0.0514. The van der Waals surface area contributed by atoms with Crippen LogP contribution in [0.25, 0.3) is 0 Å². The van der Waals surface area contributed by atoms with Gasteiger partial charge in [-0.25, -0.2) is 9.00 Å². The highest BCUT2D eigenvalue weighted by atomic mass is 32.2. The fourth-order valence-corrected chi connectivity index (χ4v) is 3.51. The van der Waals surface area contributed by atoms with Crippen molar-refractivity contribution in [1.82, 2.24) is 0 Å². The van der Waals surface area contributed by atoms with E-state index in [1.807, 2.05) is 13.8 Å². The van der Waals surface area contributed by atoms with Crippen LogP contribution in [0.2, 0.25) is 0 Å². The fraction of sp³-hybridized carbons (Fsp3) is 0.562. The van der Waals surface area contributed by atoms with Gasteiger partial charge < -0.3 is 9.29 Å². The van der Waals surface area contributed by atoms with E-state index >= 15 is 0 Å². The summed E-state index contributed by atoms with van der Waals surface area (Å²) < 4.78 is 52.8. The van der Waals surface area contributed by atoms with Crippen molar-refractivity contribution in [1.29, 1.82) is 0 Å². The molecule has 0 aliphatic rings. The predicted octanol–water partition coefficient (Wildman–Crippen LogP) is 2.22. The minimum atomic E-state index is -3.75. The molecule has 142 valence electrons. The van der Waals surface area contributed by atoms with Crippen molar-refractivity contribution >= 4 is 27.2 Å². The summed E-state index contributed by atoms with van der Waals surface area (Å²) in [7, 11) is -3.75. The van der Waals surface area contributed by atoms with Gasteiger partial charge in [0.25, 0.3) is 10.1 Å². The molecule has 1 aromatic carbocycles. The number of hydrogen-bond donors (Lipinski definition) is 1. The first-order chi connectivity index (χ1) is 11.6. The van der Waals surface area contributed by atoms with Crippen molar-refractivity contribution in [2.24, 2.45) is 5.41 Å². The highest BCUT2D eigenvalue weighted by Crippen LogP contribution is 2.22. The van der Waals surface area contributed by atoms with E-state index in [0.717, 1.165) is 0 Å². The lowest BCUT2D eigenvalue weighted by Gasteiger charge is -2.23. The maximum absolute atomic E-state index is 11.8. The van der Waals surface area contributed by atoms with Crippen LogP contribution in [0.3, 0.4) is 0 Å². The molecule has 0 saturated carbocycles. The molecule has 0 amide bonds. The van der Waals surface area contributed by atoms with E-state index in [9.17, 15) is 17.4 Å². The molecule has 1 unspecified atom stereocenters. The van der Waals surface area contributed by atoms with Gasteiger partial charge in [0.05, 0.1) is 30.3 Å². The van der Waals surface area contributed by atoms with Crippen molar-refractivity contribution in [3.05, 3.63) is 35.9 Å². The quantitative estimate of drug-likeness (QED) is 0.349. The Balaban J connectivity index is 2.35. The number of esters is 1. The SMILES string of the molecule is CC(C)(CCOC(=O)c1ccccc1)COS(=O)(=O)CCCS(=O)O. The molecule has 0 heterocycles. The number of carbonyl (C=O) groups excluding carboxylic acids is 1. The number of benzene rings is 1. The summed E-state index contributed by atoms with van der Waals surface area (Å²) in [5, 5.41) is 0. The highest BCUT2D eigenvalue weighted by molar-refractivity contribution is 7.86. The number of carbonyl (C=O) groups is 1. The summed E-state index contributed by atoms with van der Waals surface area (Å²) in [6, 6.07) is 8.60. The Morgan fingerprint density at radius 1 is 1.24 bits per heavy atom. The van der Waals surface area contributed by atoms with Crippen LogP contribution in [0, 0.1) is 5.41 Å². The van der Waals surface area contributed by atoms with E-state index in [0.29, 0.717) is 12.0 Å². The maximum Gasteiger partial charge on any atom is 0.338 e. The van der Waals surface area contributed by atoms with E-state index in [1.165, 1.54) is 0 Å². The van der Waals surface area contributed by atoms with Crippen LogP contribution in [0.1, 0.15) is 37.0 Å². The minimum Gasteiger partial charge on any atom is -0.462 e. The molecule has 1 aromatic rings. The lowest BCUT2D eigenvalue weighted by Crippen LogP contribution is -2.25. The van der Waals surface area contributed by atoms with Crippen LogP contribution in [0.4, 0.5) is 0 Å². The third kappa shape index (κ3) is 9.69. The standard InChI is InChI=1S/C16H24O7S2/c1-16(2,13-23-25(20,21)12-6-11-24(18)19)9-10-22-15(17)14-7-4-3-5-8-14/h3-5,7-8H,6,9-13H2,1-2H3,(H,18,19). The summed E-state index contributed by atoms with van der Waals surface area (Å²) in [4.78, 5) is 11.8. The van der Waals surface area contributed by atoms with Crippen LogP contribution >= 0.6 is 0 Å². The average molecular weight is 392 g/mol. The van der Waals surface area contributed by atoms with Crippen LogP contribution in [0.5, 0.6) is 0 Å². The number of ether oxygens (including phenoxy) is 1. The second-order valence-corrected chi connectivity index (χ2v) is 9.13. The molecule has 1 rings (SSSR count). The second kappa shape index (κ2) is 10.0. The molecule has 25 heavy (non-hydrogen) atoms. The third-order valence-corrected chi connectivity index (χ3v) is 5.27. The molecule has 0 radical (unpaired) electrons. The molecular formula is C16H24O7S2. The van der Waals surface area contributed by atoms with Gasteiger partial charge in [0.2, 0.25) is 0 Å². The molecule has 0 aromatic heterocycles. The predicted molar refractivity (Wildman–Crippen MR) is 95.1 cm³/mol. The van der Waals surface area contributed by atoms with Crippen molar-refractivity contribution < 1.29 is 30.9 Å². The van der Waals surface area contributed by atoms with Crippen LogP contribution < -0.4 is 0 Å². The molecule has 1 atom stereocenters. The zero-order valence-electron chi connectivity index (χ0n) is 14.3. The van der Waals surface area contributed by atoms with E-state index in [4.69, 9.17) is 13.5 Å². The number of hydrogen-bond acceptors (Lipinski definition) is 6. The van der Waals surface area contributed by atoms with Crippen LogP contribution in [-0.4, -0.2) is 47.9 Å². The molecule has 7 nitrogen and oxygen atoms in total. The van der Waals surface area contributed by atoms with Gasteiger partial charge in [-0.15, -0.1) is 0 Å². The highest BCUT2D eigenvalue weighted by Gasteiger charge is 2.23. The monoisotopic (exact) mass is 392 g/mol. The number of rotatable bonds is 11. The van der Waals surface area contributed by atoms with Crippen molar-refractivity contribution in [2.75, 3.05) is 24.7 Å². The van der Waals surface area contributed by atoms with Gasteiger partial charge in [-0.05, 0) is 30.4 Å². The summed E-state index contributed by atoms with van der Waals surface area (Å²) >= 11 is -2.01. The minimum absolute atomic E-state index is 0.0551. The Morgan fingerprint density at radius 2 is 1.88 bits per heavy atom. The Kier molecular flexibility index (Phi) is 8.70. The van der Waals surface area contributed by atoms with E-state index in [-0.39, 0.29) is 31.1 Å². The summed E-state index contributed by atoms with van der Waals surface area (Å²) in [6.07, 6.45) is 0.488. The van der Waals surface area contributed by atoms with Crippen molar-refractivity contribution in [3.63, 3.8) is 0 Å². The molecule has 0 saturated heterocycles. The summed E-state index contributed by atoms with van der Waals surface area (Å²) in [5.74, 6) is -0.846. The Morgan fingerprint density at radius 3 is 2.48 bits per heavy atom. The van der Waals surface area contributed by atoms with Crippen LogP contribution in [-0.2, 0) is 30.1 Å². The van der Waals surface area contributed by atoms with Gasteiger partial charge in [-0.1, -0.05) is 32.0 Å². The molecule has 0 aliphatic heterocycles. The van der Waals surface area contributed by atoms with E-state index < -0.39 is 32.6 Å². The third-order valence-electron chi connectivity index (χ3n) is 3.36. The van der Waals surface area contributed by atoms with E-state index in [2.05, 4.69) is 0 Å². The fourth-order valence-electron chi connectivity index (χ4n) is 1.82. The molecular weight excluding hydrogens is 368 g/mol. The summed E-state index contributed by atoms with van der Waals surface area (Å²) in [6.45, 7) is 3.71. The molecule has 1 N–H and O–H groups in total. The average Bonchev–Trinajstić information content (AvgIpc) is 2.53. The van der Waals surface area contributed by atoms with Crippen molar-refractivity contribution in [3.8, 4) is 0 Å². The lowest BCUT2D eigenvalue weighted by molar-refractivity contribution is 0.0428. The first-order valence-electron chi connectivity index (χ1n) is 7.78. The zero-order valence-corrected chi connectivity index (χ0v) is 16.0. The van der Waals surface area contributed by atoms with Gasteiger partial charge >= 0.3 is 5.97 Å². The first kappa shape index (κ1) is 21.8. The molecule has 0 fully saturated rings. The normalized spacial score (nSPS) is 13.4. The zero-order chi connectivity index (χ0) is 18.9. The maximum atomic E-state index is 11.8. The first-order valence-corrected chi connectivity index (χ1v) is 10.6. The lowest BCUT2D eigenvalue weighted by atomic mass is 9.91. The molecule has 9 heteroatoms. The molecule has 0 aliphatic carbocycles. The van der Waals surface area contributed by atoms with Gasteiger partial charge in [0.1, 0.15) is 0 Å². The Hall–Kier alpha value is -1.29. The topological polar surface area (TPSA) is 107 Å². The van der Waals surface area contributed by atoms with Crippen LogP contribution in [0.15, 0.2) is 30.3 Å². The van der Waals surface area contributed by atoms with E-state index in [1.54, 1.807) is 30.3 Å². The molecule has 0 bridgehead atoms. The largest absolute Gasteiger partial charge is 0.462 e. The van der Waals surface area contributed by atoms with Gasteiger partial charge in [-0.3, -0.25) is 4.18 Å². The molecule has 0 spiro atoms. The van der Waals surface area contributed by atoms with Gasteiger partial charge in [0, 0.05) is 0 Å². The Labute approximate surface area is 151 Å². The second-order valence-electron chi connectivity index (χ2n) is 6.32. The Bertz CT molecular complexity index is 669. The van der Waals surface area contributed by atoms with Gasteiger partial charge in [0.15, 0.2) is 11.1 Å².